The van der Waals surface area contributed by atoms with Crippen LogP contribution in [0, 0.1) is 27.7 Å². The molecule has 0 atom stereocenters. The lowest BCUT2D eigenvalue weighted by Gasteiger charge is -2.12. The van der Waals surface area contributed by atoms with Crippen molar-refractivity contribution in [1.82, 2.24) is 5.43 Å². The van der Waals surface area contributed by atoms with E-state index in [2.05, 4.69) is 21.2 Å². The number of carbonyl (C=O) groups excluding carboxylic acids is 3. The van der Waals surface area contributed by atoms with Crippen molar-refractivity contribution in [2.75, 3.05) is 17.2 Å². The van der Waals surface area contributed by atoms with Crippen molar-refractivity contribution in [3.8, 4) is 5.75 Å². The number of rotatable bonds is 7. The smallest absolute Gasteiger partial charge is 0.329 e. The Balaban J connectivity index is 1.56. The van der Waals surface area contributed by atoms with Gasteiger partial charge in [0.05, 0.1) is 6.21 Å². The van der Waals surface area contributed by atoms with E-state index in [0.29, 0.717) is 17.0 Å². The molecular weight excluding hydrogens is 444 g/mol. The fourth-order valence-corrected chi connectivity index (χ4v) is 3.21. The molecule has 0 unspecified atom stereocenters. The van der Waals surface area contributed by atoms with E-state index in [1.165, 1.54) is 6.21 Å². The van der Waals surface area contributed by atoms with E-state index in [9.17, 15) is 14.4 Å². The van der Waals surface area contributed by atoms with Gasteiger partial charge in [0.2, 0.25) is 0 Å². The van der Waals surface area contributed by atoms with E-state index in [0.717, 1.165) is 27.9 Å². The third-order valence-electron chi connectivity index (χ3n) is 5.59. The van der Waals surface area contributed by atoms with Crippen molar-refractivity contribution in [1.29, 1.82) is 0 Å². The summed E-state index contributed by atoms with van der Waals surface area (Å²) in [4.78, 5) is 36.7. The Morgan fingerprint density at radius 3 is 2.03 bits per heavy atom. The van der Waals surface area contributed by atoms with E-state index >= 15 is 0 Å². The van der Waals surface area contributed by atoms with Crippen LogP contribution in [-0.2, 0) is 14.4 Å². The monoisotopic (exact) mass is 472 g/mol. The lowest BCUT2D eigenvalue weighted by atomic mass is 10.1. The molecule has 0 saturated carbocycles. The molecule has 3 N–H and O–H groups in total. The highest BCUT2D eigenvalue weighted by molar-refractivity contribution is 6.39. The molecule has 0 aromatic heterocycles. The van der Waals surface area contributed by atoms with Crippen LogP contribution < -0.4 is 20.8 Å². The molecule has 0 aliphatic carbocycles. The first-order valence-corrected chi connectivity index (χ1v) is 11.0. The molecule has 0 fully saturated rings. The van der Waals surface area contributed by atoms with Crippen molar-refractivity contribution in [2.24, 2.45) is 5.10 Å². The summed E-state index contributed by atoms with van der Waals surface area (Å²) in [5.74, 6) is -1.64. The Labute approximate surface area is 204 Å². The van der Waals surface area contributed by atoms with Gasteiger partial charge in [-0.15, -0.1) is 0 Å². The molecule has 0 saturated heterocycles. The first-order valence-electron chi connectivity index (χ1n) is 11.0. The van der Waals surface area contributed by atoms with E-state index in [-0.39, 0.29) is 12.5 Å². The maximum Gasteiger partial charge on any atom is 0.329 e. The topological polar surface area (TPSA) is 109 Å². The van der Waals surface area contributed by atoms with Gasteiger partial charge >= 0.3 is 11.8 Å². The highest BCUT2D eigenvalue weighted by atomic mass is 16.5. The van der Waals surface area contributed by atoms with Gasteiger partial charge in [0, 0.05) is 16.9 Å². The molecule has 0 bridgehead atoms. The van der Waals surface area contributed by atoms with Gasteiger partial charge in [0.15, 0.2) is 6.61 Å². The number of anilines is 2. The molecule has 8 heteroatoms. The number of hydrogen-bond acceptors (Lipinski definition) is 5. The molecule has 8 nitrogen and oxygen atoms in total. The van der Waals surface area contributed by atoms with Gasteiger partial charge in [-0.3, -0.25) is 14.4 Å². The zero-order valence-electron chi connectivity index (χ0n) is 20.1. The van der Waals surface area contributed by atoms with Crippen LogP contribution in [-0.4, -0.2) is 30.5 Å². The van der Waals surface area contributed by atoms with Crippen LogP contribution in [0.2, 0.25) is 0 Å². The first-order chi connectivity index (χ1) is 16.8. The number of nitrogens with one attached hydrogen (secondary N) is 3. The van der Waals surface area contributed by atoms with Gasteiger partial charge in [0.25, 0.3) is 5.91 Å². The molecule has 3 aromatic carbocycles. The molecule has 180 valence electrons. The fourth-order valence-electron chi connectivity index (χ4n) is 3.21. The summed E-state index contributed by atoms with van der Waals surface area (Å²) in [6, 6.07) is 18.0. The number of hydrogen-bond donors (Lipinski definition) is 3. The van der Waals surface area contributed by atoms with Crippen molar-refractivity contribution in [3.05, 3.63) is 88.5 Å². The van der Waals surface area contributed by atoms with Crippen molar-refractivity contribution in [3.63, 3.8) is 0 Å². The van der Waals surface area contributed by atoms with Crippen LogP contribution in [0.4, 0.5) is 11.4 Å². The SMILES string of the molecule is Cc1cccc(NC(=O)COc2ccccc2/C=N\NC(=O)C(=O)Nc2cccc(C)c2C)c1C. The Kier molecular flexibility index (Phi) is 8.34. The summed E-state index contributed by atoms with van der Waals surface area (Å²) in [6.45, 7) is 7.49. The minimum absolute atomic E-state index is 0.206. The number of nitrogens with zero attached hydrogens (tertiary/aromatic N) is 1. The normalized spacial score (nSPS) is 10.6. The van der Waals surface area contributed by atoms with Crippen LogP contribution in [0.25, 0.3) is 0 Å². The zero-order valence-corrected chi connectivity index (χ0v) is 20.1. The molecule has 3 amide bonds. The number of aryl methyl sites for hydroxylation is 2. The number of amides is 3. The second-order valence-electron chi connectivity index (χ2n) is 8.02. The van der Waals surface area contributed by atoms with Gasteiger partial charge in [0.1, 0.15) is 5.75 Å². The van der Waals surface area contributed by atoms with Gasteiger partial charge in [-0.05, 0) is 74.2 Å². The van der Waals surface area contributed by atoms with E-state index < -0.39 is 11.8 Å². The van der Waals surface area contributed by atoms with E-state index in [1.54, 1.807) is 36.4 Å². The Morgan fingerprint density at radius 1 is 0.771 bits per heavy atom. The molecule has 3 aromatic rings. The number of benzene rings is 3. The third kappa shape index (κ3) is 6.77. The van der Waals surface area contributed by atoms with Gasteiger partial charge in [-0.25, -0.2) is 5.43 Å². The number of para-hydroxylation sites is 1. The fraction of sp³-hybridized carbons (Fsp3) is 0.185. The molecule has 3 rings (SSSR count). The van der Waals surface area contributed by atoms with Gasteiger partial charge in [-0.1, -0.05) is 36.4 Å². The maximum absolute atomic E-state index is 12.4. The highest BCUT2D eigenvalue weighted by Gasteiger charge is 2.14. The predicted molar refractivity (Wildman–Crippen MR) is 137 cm³/mol. The summed E-state index contributed by atoms with van der Waals surface area (Å²) in [5, 5.41) is 9.27. The van der Waals surface area contributed by atoms with Crippen LogP contribution in [0.1, 0.15) is 27.8 Å². The van der Waals surface area contributed by atoms with Crippen LogP contribution in [0.3, 0.4) is 0 Å². The highest BCUT2D eigenvalue weighted by Crippen LogP contribution is 2.19. The standard InChI is InChI=1S/C27H28N4O4/c1-17-9-7-12-22(19(17)3)29-25(32)16-35-24-14-6-5-11-21(24)15-28-31-27(34)26(33)30-23-13-8-10-18(2)20(23)4/h5-15H,16H2,1-4H3,(H,29,32)(H,30,33)(H,31,34)/b28-15-. The quantitative estimate of drug-likeness (QED) is 0.274. The number of hydrazone groups is 1. The second-order valence-corrected chi connectivity index (χ2v) is 8.02. The summed E-state index contributed by atoms with van der Waals surface area (Å²) < 4.78 is 5.65. The van der Waals surface area contributed by atoms with E-state index in [4.69, 9.17) is 4.74 Å². The van der Waals surface area contributed by atoms with Gasteiger partial charge in [-0.2, -0.15) is 5.10 Å². The van der Waals surface area contributed by atoms with Crippen LogP contribution >= 0.6 is 0 Å². The Hall–Kier alpha value is -4.46. The summed E-state index contributed by atoms with van der Waals surface area (Å²) >= 11 is 0. The molecule has 0 spiro atoms. The average Bonchev–Trinajstić information content (AvgIpc) is 2.84. The van der Waals surface area contributed by atoms with Crippen molar-refractivity contribution in [2.45, 2.75) is 27.7 Å². The number of carbonyl (C=O) groups is 3. The lowest BCUT2D eigenvalue weighted by Crippen LogP contribution is -2.32. The molecule has 35 heavy (non-hydrogen) atoms. The largest absolute Gasteiger partial charge is 0.483 e. The second kappa shape index (κ2) is 11.6. The summed E-state index contributed by atoms with van der Waals surface area (Å²) in [6.07, 6.45) is 1.35. The number of ether oxygens (including phenoxy) is 1. The van der Waals surface area contributed by atoms with Crippen molar-refractivity contribution < 1.29 is 19.1 Å². The predicted octanol–water partition coefficient (Wildman–Crippen LogP) is 4.03. The first kappa shape index (κ1) is 25.2. The molecule has 0 aliphatic heterocycles. The molecular formula is C27H28N4O4. The summed E-state index contributed by atoms with van der Waals surface area (Å²) in [5.41, 5.74) is 7.98. The minimum Gasteiger partial charge on any atom is -0.483 e. The van der Waals surface area contributed by atoms with Crippen molar-refractivity contribution >= 4 is 35.3 Å². The minimum atomic E-state index is -0.909. The maximum atomic E-state index is 12.4. The third-order valence-corrected chi connectivity index (χ3v) is 5.59. The lowest BCUT2D eigenvalue weighted by molar-refractivity contribution is -0.136. The molecule has 0 aliphatic rings. The Bertz CT molecular complexity index is 1280. The van der Waals surface area contributed by atoms with Gasteiger partial charge < -0.3 is 15.4 Å². The zero-order chi connectivity index (χ0) is 25.4. The Morgan fingerprint density at radius 2 is 1.37 bits per heavy atom. The van der Waals surface area contributed by atoms with Crippen LogP contribution in [0.5, 0.6) is 5.75 Å². The average molecular weight is 473 g/mol. The summed E-state index contributed by atoms with van der Waals surface area (Å²) in [7, 11) is 0. The van der Waals surface area contributed by atoms with E-state index in [1.807, 2.05) is 52.0 Å². The molecule has 0 heterocycles. The molecule has 0 radical (unpaired) electrons. The van der Waals surface area contributed by atoms with Crippen LogP contribution in [0.15, 0.2) is 65.8 Å².